The van der Waals surface area contributed by atoms with Crippen molar-refractivity contribution in [3.63, 3.8) is 0 Å². The van der Waals surface area contributed by atoms with Gasteiger partial charge in [0.25, 0.3) is 0 Å². The fraction of sp³-hybridized carbons (Fsp3) is 0.167. The molecular formula is C18H19Si. The maximum absolute atomic E-state index is 2.41. The van der Waals surface area contributed by atoms with Crippen LogP contribution in [0.2, 0.25) is 19.6 Å². The third-order valence-electron chi connectivity index (χ3n) is 3.70. The van der Waals surface area contributed by atoms with Gasteiger partial charge >= 0.3 is 0 Å². The van der Waals surface area contributed by atoms with Gasteiger partial charge in [-0.25, -0.2) is 0 Å². The molecular weight excluding hydrogens is 244 g/mol. The van der Waals surface area contributed by atoms with E-state index in [2.05, 4.69) is 80.7 Å². The van der Waals surface area contributed by atoms with E-state index in [0.717, 1.165) is 0 Å². The molecule has 2 aromatic rings. The Morgan fingerprint density at radius 2 is 1.53 bits per heavy atom. The van der Waals surface area contributed by atoms with E-state index in [1.165, 1.54) is 22.3 Å². The predicted octanol–water partition coefficient (Wildman–Crippen LogP) is 5.18. The van der Waals surface area contributed by atoms with Crippen LogP contribution in [-0.2, 0) is 0 Å². The van der Waals surface area contributed by atoms with Crippen LogP contribution in [0.15, 0.2) is 53.7 Å². The number of allylic oxidation sites excluding steroid dienone is 1. The summed E-state index contributed by atoms with van der Waals surface area (Å²) in [6.07, 6.45) is 4.79. The standard InChI is InChI=1S/C18H19Si/c1-19(2,3)16-12-15-10-7-11-17(18(15)13-16)14-8-5-4-6-9-14/h4-13H,1-3H3. The average Bonchev–Trinajstić information content (AvgIpc) is 2.83. The molecule has 0 heterocycles. The van der Waals surface area contributed by atoms with E-state index in [4.69, 9.17) is 0 Å². The highest BCUT2D eigenvalue weighted by molar-refractivity contribution is 6.84. The lowest BCUT2D eigenvalue weighted by molar-refractivity contribution is 1.50. The topological polar surface area (TPSA) is 0 Å². The van der Waals surface area contributed by atoms with Gasteiger partial charge in [-0.1, -0.05) is 79.4 Å². The molecule has 1 aliphatic carbocycles. The van der Waals surface area contributed by atoms with Crippen LogP contribution in [-0.4, -0.2) is 8.07 Å². The molecule has 0 aromatic heterocycles. The first kappa shape index (κ1) is 12.4. The maximum atomic E-state index is 2.41. The van der Waals surface area contributed by atoms with Gasteiger partial charge in [0.15, 0.2) is 0 Å². The molecule has 0 saturated heterocycles. The summed E-state index contributed by atoms with van der Waals surface area (Å²) in [6.45, 7) is 7.22. The Morgan fingerprint density at radius 1 is 0.789 bits per heavy atom. The first-order chi connectivity index (χ1) is 9.05. The van der Waals surface area contributed by atoms with Gasteiger partial charge in [0, 0.05) is 6.42 Å². The monoisotopic (exact) mass is 263 g/mol. The normalized spacial score (nSPS) is 14.2. The van der Waals surface area contributed by atoms with Crippen molar-refractivity contribution >= 4 is 14.1 Å². The van der Waals surface area contributed by atoms with Gasteiger partial charge in [-0.2, -0.15) is 0 Å². The maximum Gasteiger partial charge on any atom is 0.0733 e. The van der Waals surface area contributed by atoms with E-state index in [1.54, 1.807) is 5.20 Å². The molecule has 95 valence electrons. The van der Waals surface area contributed by atoms with E-state index in [1.807, 2.05) is 0 Å². The summed E-state index contributed by atoms with van der Waals surface area (Å²) in [4.78, 5) is 0. The van der Waals surface area contributed by atoms with E-state index in [9.17, 15) is 0 Å². The number of benzene rings is 2. The van der Waals surface area contributed by atoms with Crippen LogP contribution in [0.1, 0.15) is 11.1 Å². The first-order valence-corrected chi connectivity index (χ1v) is 10.3. The van der Waals surface area contributed by atoms with Crippen molar-refractivity contribution in [3.05, 3.63) is 71.3 Å². The summed E-state index contributed by atoms with van der Waals surface area (Å²) < 4.78 is 0. The Hall–Kier alpha value is -1.60. The van der Waals surface area contributed by atoms with Crippen LogP contribution in [0.5, 0.6) is 0 Å². The fourth-order valence-electron chi connectivity index (χ4n) is 2.54. The molecule has 0 N–H and O–H groups in total. The highest BCUT2D eigenvalue weighted by atomic mass is 28.3. The zero-order valence-corrected chi connectivity index (χ0v) is 12.8. The largest absolute Gasteiger partial charge is 0.0733 e. The third-order valence-corrected chi connectivity index (χ3v) is 5.72. The number of rotatable bonds is 2. The van der Waals surface area contributed by atoms with Crippen LogP contribution < -0.4 is 0 Å². The SMILES string of the molecule is C[Si](C)(C)C1=Cc2c(cccc2-c2ccccc2)[CH]1. The van der Waals surface area contributed by atoms with Gasteiger partial charge in [-0.15, -0.1) is 0 Å². The van der Waals surface area contributed by atoms with Crippen LogP contribution >= 0.6 is 0 Å². The van der Waals surface area contributed by atoms with Crippen molar-refractivity contribution in [3.8, 4) is 11.1 Å². The van der Waals surface area contributed by atoms with Crippen molar-refractivity contribution < 1.29 is 0 Å². The summed E-state index contributed by atoms with van der Waals surface area (Å²) >= 11 is 0. The molecule has 0 fully saturated rings. The van der Waals surface area contributed by atoms with Crippen molar-refractivity contribution in [1.82, 2.24) is 0 Å². The van der Waals surface area contributed by atoms with Gasteiger partial charge in [-0.3, -0.25) is 0 Å². The minimum absolute atomic E-state index is 1.24. The number of hydrogen-bond donors (Lipinski definition) is 0. The Morgan fingerprint density at radius 3 is 2.21 bits per heavy atom. The van der Waals surface area contributed by atoms with Gasteiger partial charge in [0.2, 0.25) is 0 Å². The summed E-state index contributed by atoms with van der Waals surface area (Å²) in [5.74, 6) is 0. The summed E-state index contributed by atoms with van der Waals surface area (Å²) in [7, 11) is -1.24. The fourth-order valence-corrected chi connectivity index (χ4v) is 3.70. The molecule has 19 heavy (non-hydrogen) atoms. The Labute approximate surface area is 116 Å². The Balaban J connectivity index is 2.12. The van der Waals surface area contributed by atoms with Crippen molar-refractivity contribution in [2.45, 2.75) is 19.6 Å². The van der Waals surface area contributed by atoms with E-state index in [0.29, 0.717) is 0 Å². The molecule has 0 atom stereocenters. The molecule has 3 rings (SSSR count). The lowest BCUT2D eigenvalue weighted by Gasteiger charge is -2.16. The first-order valence-electron chi connectivity index (χ1n) is 6.81. The second-order valence-corrected chi connectivity index (χ2v) is 11.2. The Bertz CT molecular complexity index is 630. The van der Waals surface area contributed by atoms with E-state index in [-0.39, 0.29) is 0 Å². The highest BCUT2D eigenvalue weighted by Crippen LogP contribution is 2.37. The lowest BCUT2D eigenvalue weighted by atomic mass is 9.97. The minimum atomic E-state index is -1.24. The van der Waals surface area contributed by atoms with Gasteiger partial charge in [-0.05, 0) is 22.3 Å². The van der Waals surface area contributed by atoms with Crippen LogP contribution in [0, 0.1) is 6.42 Å². The second-order valence-electron chi connectivity index (χ2n) is 6.17. The quantitative estimate of drug-likeness (QED) is 0.655. The second kappa shape index (κ2) is 4.50. The van der Waals surface area contributed by atoms with Crippen LogP contribution in [0.25, 0.3) is 17.2 Å². The molecule has 0 amide bonds. The third kappa shape index (κ3) is 2.31. The molecule has 0 bridgehead atoms. The van der Waals surface area contributed by atoms with Crippen molar-refractivity contribution in [1.29, 1.82) is 0 Å². The number of fused-ring (bicyclic) bond motifs is 1. The minimum Gasteiger partial charge on any atom is -0.0722 e. The van der Waals surface area contributed by atoms with Crippen molar-refractivity contribution in [2.24, 2.45) is 0 Å². The molecule has 1 heteroatoms. The van der Waals surface area contributed by atoms with Gasteiger partial charge < -0.3 is 0 Å². The van der Waals surface area contributed by atoms with Gasteiger partial charge in [0.1, 0.15) is 0 Å². The zero-order chi connectivity index (χ0) is 13.5. The molecule has 0 spiro atoms. The predicted molar refractivity (Wildman–Crippen MR) is 86.6 cm³/mol. The molecule has 1 aliphatic rings. The zero-order valence-electron chi connectivity index (χ0n) is 11.8. The molecule has 2 aromatic carbocycles. The average molecular weight is 263 g/mol. The van der Waals surface area contributed by atoms with Crippen LogP contribution in [0.4, 0.5) is 0 Å². The van der Waals surface area contributed by atoms with E-state index >= 15 is 0 Å². The molecule has 0 aliphatic heterocycles. The van der Waals surface area contributed by atoms with Gasteiger partial charge in [0.05, 0.1) is 8.07 Å². The van der Waals surface area contributed by atoms with Crippen molar-refractivity contribution in [2.75, 3.05) is 0 Å². The highest BCUT2D eigenvalue weighted by Gasteiger charge is 2.26. The molecule has 1 radical (unpaired) electrons. The van der Waals surface area contributed by atoms with Crippen LogP contribution in [0.3, 0.4) is 0 Å². The number of hydrogen-bond acceptors (Lipinski definition) is 0. The molecule has 0 unspecified atom stereocenters. The summed E-state index contributed by atoms with van der Waals surface area (Å²) in [6, 6.07) is 17.3. The molecule has 0 nitrogen and oxygen atoms in total. The molecule has 0 saturated carbocycles. The summed E-state index contributed by atoms with van der Waals surface area (Å²) in [5, 5.41) is 1.55. The van der Waals surface area contributed by atoms with E-state index < -0.39 is 8.07 Å². The smallest absolute Gasteiger partial charge is 0.0722 e. The summed E-state index contributed by atoms with van der Waals surface area (Å²) in [5.41, 5.74) is 5.42. The lowest BCUT2D eigenvalue weighted by Crippen LogP contribution is -2.22. The Kier molecular flexibility index (Phi) is 2.94.